The molecule has 3 heteroatoms. The molecule has 1 aromatic carbocycles. The molecule has 0 N–H and O–H groups in total. The SMILES string of the molecule is CC1CN(C)C(=O)C1c1ccc2ncccc2c1. The molecular formula is C15H16N2O. The first-order valence-electron chi connectivity index (χ1n) is 6.26. The third kappa shape index (κ3) is 1.67. The Morgan fingerprint density at radius 2 is 2.17 bits per heavy atom. The number of carbonyl (C=O) groups excluding carboxylic acids is 1. The summed E-state index contributed by atoms with van der Waals surface area (Å²) >= 11 is 0. The summed E-state index contributed by atoms with van der Waals surface area (Å²) in [6, 6.07) is 10.1. The van der Waals surface area contributed by atoms with Crippen LogP contribution in [-0.2, 0) is 4.79 Å². The molecule has 3 nitrogen and oxygen atoms in total. The van der Waals surface area contributed by atoms with Crippen molar-refractivity contribution in [2.75, 3.05) is 13.6 Å². The van der Waals surface area contributed by atoms with E-state index in [0.717, 1.165) is 23.0 Å². The molecule has 0 bridgehead atoms. The molecule has 1 aliphatic heterocycles. The molecule has 3 rings (SSSR count). The number of fused-ring (bicyclic) bond motifs is 1. The van der Waals surface area contributed by atoms with Gasteiger partial charge in [0, 0.05) is 25.2 Å². The zero-order chi connectivity index (χ0) is 12.7. The fourth-order valence-electron chi connectivity index (χ4n) is 2.87. The van der Waals surface area contributed by atoms with Crippen molar-refractivity contribution in [3.63, 3.8) is 0 Å². The average Bonchev–Trinajstić information content (AvgIpc) is 2.63. The number of rotatable bonds is 1. The van der Waals surface area contributed by atoms with Crippen LogP contribution in [-0.4, -0.2) is 29.4 Å². The van der Waals surface area contributed by atoms with Crippen LogP contribution in [0, 0.1) is 5.92 Å². The second-order valence-corrected chi connectivity index (χ2v) is 5.13. The lowest BCUT2D eigenvalue weighted by Gasteiger charge is -2.13. The minimum atomic E-state index is -0.000365. The fraction of sp³-hybridized carbons (Fsp3) is 0.333. The highest BCUT2D eigenvalue weighted by molar-refractivity contribution is 5.88. The molecule has 1 amide bonds. The van der Waals surface area contributed by atoms with Crippen molar-refractivity contribution < 1.29 is 4.79 Å². The Bertz CT molecular complexity index is 608. The van der Waals surface area contributed by atoms with Gasteiger partial charge in [0.2, 0.25) is 5.91 Å². The Morgan fingerprint density at radius 3 is 2.89 bits per heavy atom. The van der Waals surface area contributed by atoms with Gasteiger partial charge in [-0.3, -0.25) is 9.78 Å². The van der Waals surface area contributed by atoms with Gasteiger partial charge in [-0.05, 0) is 29.7 Å². The highest BCUT2D eigenvalue weighted by Crippen LogP contribution is 2.33. The van der Waals surface area contributed by atoms with Crippen molar-refractivity contribution in [2.24, 2.45) is 5.92 Å². The number of benzene rings is 1. The molecule has 1 aromatic heterocycles. The van der Waals surface area contributed by atoms with Gasteiger partial charge in [-0.1, -0.05) is 19.1 Å². The monoisotopic (exact) mass is 240 g/mol. The topological polar surface area (TPSA) is 33.2 Å². The van der Waals surface area contributed by atoms with Gasteiger partial charge in [0.25, 0.3) is 0 Å². The van der Waals surface area contributed by atoms with E-state index in [2.05, 4.69) is 18.0 Å². The van der Waals surface area contributed by atoms with E-state index in [1.165, 1.54) is 0 Å². The molecule has 2 heterocycles. The van der Waals surface area contributed by atoms with Gasteiger partial charge >= 0.3 is 0 Å². The Hall–Kier alpha value is -1.90. The minimum Gasteiger partial charge on any atom is -0.345 e. The normalized spacial score (nSPS) is 23.9. The van der Waals surface area contributed by atoms with Gasteiger partial charge in [-0.25, -0.2) is 0 Å². The number of likely N-dealkylation sites (N-methyl/N-ethyl adjacent to an activating group) is 1. The van der Waals surface area contributed by atoms with Gasteiger partial charge < -0.3 is 4.90 Å². The second-order valence-electron chi connectivity index (χ2n) is 5.13. The standard InChI is InChI=1S/C15H16N2O/c1-10-9-17(2)15(18)14(10)12-5-6-13-11(8-12)4-3-7-16-13/h3-8,10,14H,9H2,1-2H3. The molecule has 2 unspecified atom stereocenters. The Labute approximate surface area is 106 Å². The lowest BCUT2D eigenvalue weighted by Crippen LogP contribution is -2.21. The predicted octanol–water partition coefficient (Wildman–Crippen LogP) is 2.43. The number of likely N-dealkylation sites (tertiary alicyclic amines) is 1. The zero-order valence-corrected chi connectivity index (χ0v) is 10.6. The number of nitrogens with zero attached hydrogens (tertiary/aromatic N) is 2. The van der Waals surface area contributed by atoms with E-state index in [1.54, 1.807) is 6.20 Å². The van der Waals surface area contributed by atoms with E-state index in [-0.39, 0.29) is 11.8 Å². The van der Waals surface area contributed by atoms with Gasteiger partial charge in [-0.2, -0.15) is 0 Å². The highest BCUT2D eigenvalue weighted by atomic mass is 16.2. The highest BCUT2D eigenvalue weighted by Gasteiger charge is 2.36. The number of hydrogen-bond acceptors (Lipinski definition) is 2. The first kappa shape index (κ1) is 11.2. The molecule has 0 aliphatic carbocycles. The number of carbonyl (C=O) groups is 1. The lowest BCUT2D eigenvalue weighted by atomic mass is 9.89. The number of aromatic nitrogens is 1. The number of amides is 1. The van der Waals surface area contributed by atoms with Crippen LogP contribution in [0.25, 0.3) is 10.9 Å². The summed E-state index contributed by atoms with van der Waals surface area (Å²) in [4.78, 5) is 18.3. The Morgan fingerprint density at radius 1 is 1.33 bits per heavy atom. The summed E-state index contributed by atoms with van der Waals surface area (Å²) in [6.45, 7) is 2.98. The van der Waals surface area contributed by atoms with Gasteiger partial charge in [-0.15, -0.1) is 0 Å². The molecular weight excluding hydrogens is 224 g/mol. The quantitative estimate of drug-likeness (QED) is 0.767. The van der Waals surface area contributed by atoms with E-state index >= 15 is 0 Å². The minimum absolute atomic E-state index is 0.000365. The van der Waals surface area contributed by atoms with Crippen molar-refractivity contribution in [1.29, 1.82) is 0 Å². The van der Waals surface area contributed by atoms with Gasteiger partial charge in [0.1, 0.15) is 0 Å². The summed E-state index contributed by atoms with van der Waals surface area (Å²) in [7, 11) is 1.88. The molecule has 2 aromatic rings. The first-order valence-corrected chi connectivity index (χ1v) is 6.26. The van der Waals surface area contributed by atoms with E-state index in [4.69, 9.17) is 0 Å². The molecule has 2 atom stereocenters. The van der Waals surface area contributed by atoms with E-state index < -0.39 is 0 Å². The second kappa shape index (κ2) is 4.09. The summed E-state index contributed by atoms with van der Waals surface area (Å²) in [6.07, 6.45) is 1.79. The largest absolute Gasteiger partial charge is 0.345 e. The molecule has 18 heavy (non-hydrogen) atoms. The van der Waals surface area contributed by atoms with E-state index in [9.17, 15) is 4.79 Å². The molecule has 0 saturated carbocycles. The lowest BCUT2D eigenvalue weighted by molar-refractivity contribution is -0.127. The maximum absolute atomic E-state index is 12.2. The van der Waals surface area contributed by atoms with Crippen molar-refractivity contribution in [3.8, 4) is 0 Å². The summed E-state index contributed by atoms with van der Waals surface area (Å²) < 4.78 is 0. The van der Waals surface area contributed by atoms with E-state index in [0.29, 0.717) is 5.92 Å². The van der Waals surface area contributed by atoms with Crippen LogP contribution in [0.3, 0.4) is 0 Å². The van der Waals surface area contributed by atoms with Crippen LogP contribution in [0.2, 0.25) is 0 Å². The zero-order valence-electron chi connectivity index (χ0n) is 10.6. The Kier molecular flexibility index (Phi) is 2.54. The Balaban J connectivity index is 2.07. The van der Waals surface area contributed by atoms with Crippen LogP contribution < -0.4 is 0 Å². The molecule has 92 valence electrons. The van der Waals surface area contributed by atoms with Crippen molar-refractivity contribution in [2.45, 2.75) is 12.8 Å². The van der Waals surface area contributed by atoms with Gasteiger partial charge in [0.15, 0.2) is 0 Å². The molecule has 0 radical (unpaired) electrons. The van der Waals surface area contributed by atoms with Crippen LogP contribution >= 0.6 is 0 Å². The first-order chi connectivity index (χ1) is 8.66. The van der Waals surface area contributed by atoms with Crippen LogP contribution in [0.5, 0.6) is 0 Å². The molecule has 1 saturated heterocycles. The van der Waals surface area contributed by atoms with Gasteiger partial charge in [0.05, 0.1) is 11.4 Å². The number of pyridine rings is 1. The van der Waals surface area contributed by atoms with E-state index in [1.807, 2.05) is 36.2 Å². The molecule has 1 aliphatic rings. The van der Waals surface area contributed by atoms with Crippen molar-refractivity contribution in [3.05, 3.63) is 42.1 Å². The third-order valence-corrected chi connectivity index (χ3v) is 3.76. The maximum Gasteiger partial charge on any atom is 0.230 e. The van der Waals surface area contributed by atoms with Crippen molar-refractivity contribution >= 4 is 16.8 Å². The van der Waals surface area contributed by atoms with Crippen LogP contribution in [0.4, 0.5) is 0 Å². The summed E-state index contributed by atoms with van der Waals surface area (Å²) in [5.41, 5.74) is 2.09. The van der Waals surface area contributed by atoms with Crippen LogP contribution in [0.15, 0.2) is 36.5 Å². The summed E-state index contributed by atoms with van der Waals surface area (Å²) in [5, 5.41) is 1.10. The molecule has 0 spiro atoms. The maximum atomic E-state index is 12.2. The fourth-order valence-corrected chi connectivity index (χ4v) is 2.87. The predicted molar refractivity (Wildman–Crippen MR) is 71.3 cm³/mol. The smallest absolute Gasteiger partial charge is 0.230 e. The summed E-state index contributed by atoms with van der Waals surface area (Å²) in [5.74, 6) is 0.599. The average molecular weight is 240 g/mol. The number of hydrogen-bond donors (Lipinski definition) is 0. The van der Waals surface area contributed by atoms with Crippen LogP contribution in [0.1, 0.15) is 18.4 Å². The third-order valence-electron chi connectivity index (χ3n) is 3.76. The van der Waals surface area contributed by atoms with Crippen molar-refractivity contribution in [1.82, 2.24) is 9.88 Å². The molecule has 1 fully saturated rings.